The van der Waals surface area contributed by atoms with Gasteiger partial charge in [-0.05, 0) is 62.1 Å². The van der Waals surface area contributed by atoms with Gasteiger partial charge in [-0.15, -0.1) is 11.3 Å². The summed E-state index contributed by atoms with van der Waals surface area (Å²) in [5.41, 5.74) is 0. The van der Waals surface area contributed by atoms with Crippen molar-refractivity contribution in [2.24, 2.45) is 5.92 Å². The second kappa shape index (κ2) is 10.2. The molecule has 1 aliphatic carbocycles. The molecule has 1 unspecified atom stereocenters. The predicted octanol–water partition coefficient (Wildman–Crippen LogP) is 2.92. The Morgan fingerprint density at radius 2 is 2.00 bits per heavy atom. The van der Waals surface area contributed by atoms with Crippen LogP contribution < -0.4 is 10.2 Å². The largest absolute Gasteiger partial charge is 0.381 e. The van der Waals surface area contributed by atoms with Crippen LogP contribution in [0.25, 0.3) is 10.1 Å². The lowest BCUT2D eigenvalue weighted by molar-refractivity contribution is 0.0287. The fraction of sp³-hybridized carbons (Fsp3) is 0.682. The molecule has 29 heavy (non-hydrogen) atoms. The highest BCUT2D eigenvalue weighted by atomic mass is 32.1. The summed E-state index contributed by atoms with van der Waals surface area (Å²) in [6, 6.07) is 4.75. The van der Waals surface area contributed by atoms with Gasteiger partial charge in [0.1, 0.15) is 12.0 Å². The van der Waals surface area contributed by atoms with Gasteiger partial charge in [0.15, 0.2) is 0 Å². The molecule has 1 saturated heterocycles. The monoisotopic (exact) mass is 418 g/mol. The quantitative estimate of drug-likeness (QED) is 0.643. The molecule has 0 spiro atoms. The summed E-state index contributed by atoms with van der Waals surface area (Å²) in [7, 11) is 1.63. The standard InChI is InChI=1S/C22H34N4O2S/c1-28-16-21(27)24-18-4-2-17(3-5-18)7-10-25-11-13-26(14-12-25)22-19-8-15-29-20(19)6-9-23-22/h6,8-9,15,17-18,21,24,27H,2-5,7,10-14,16H2,1H3. The van der Waals surface area contributed by atoms with Crippen LogP contribution in [-0.2, 0) is 4.74 Å². The van der Waals surface area contributed by atoms with Crippen LogP contribution in [0.5, 0.6) is 0 Å². The second-order valence-corrected chi connectivity index (χ2v) is 9.39. The van der Waals surface area contributed by atoms with Crippen molar-refractivity contribution in [3.8, 4) is 0 Å². The maximum atomic E-state index is 9.84. The molecule has 4 rings (SSSR count). The van der Waals surface area contributed by atoms with E-state index < -0.39 is 6.23 Å². The maximum Gasteiger partial charge on any atom is 0.137 e. The van der Waals surface area contributed by atoms with E-state index in [1.807, 2.05) is 6.20 Å². The molecule has 0 bridgehead atoms. The first-order chi connectivity index (χ1) is 14.2. The van der Waals surface area contributed by atoms with E-state index in [1.54, 1.807) is 18.4 Å². The molecule has 1 saturated carbocycles. The van der Waals surface area contributed by atoms with Crippen LogP contribution in [0.3, 0.4) is 0 Å². The van der Waals surface area contributed by atoms with Crippen molar-refractivity contribution < 1.29 is 9.84 Å². The van der Waals surface area contributed by atoms with Gasteiger partial charge < -0.3 is 14.7 Å². The van der Waals surface area contributed by atoms with E-state index in [2.05, 4.69) is 37.6 Å². The Morgan fingerprint density at radius 3 is 2.76 bits per heavy atom. The molecule has 2 N–H and O–H groups in total. The number of hydrogen-bond acceptors (Lipinski definition) is 7. The first kappa shape index (κ1) is 21.0. The summed E-state index contributed by atoms with van der Waals surface area (Å²) >= 11 is 1.79. The van der Waals surface area contributed by atoms with Crippen LogP contribution in [-0.4, -0.2) is 73.7 Å². The van der Waals surface area contributed by atoms with E-state index in [0.717, 1.165) is 50.8 Å². The first-order valence-electron chi connectivity index (χ1n) is 11.0. The number of nitrogens with one attached hydrogen (secondary N) is 1. The van der Waals surface area contributed by atoms with Gasteiger partial charge in [-0.3, -0.25) is 10.2 Å². The number of aromatic nitrogens is 1. The zero-order valence-corrected chi connectivity index (χ0v) is 18.2. The van der Waals surface area contributed by atoms with Crippen LogP contribution in [0.1, 0.15) is 32.1 Å². The number of pyridine rings is 1. The molecule has 2 fully saturated rings. The molecular weight excluding hydrogens is 384 g/mol. The van der Waals surface area contributed by atoms with Gasteiger partial charge in [-0.2, -0.15) is 0 Å². The first-order valence-corrected chi connectivity index (χ1v) is 11.8. The number of nitrogens with zero attached hydrogens (tertiary/aromatic N) is 3. The summed E-state index contributed by atoms with van der Waals surface area (Å²) < 4.78 is 6.33. The minimum absolute atomic E-state index is 0.363. The zero-order chi connectivity index (χ0) is 20.1. The minimum atomic E-state index is -0.535. The molecule has 0 aromatic carbocycles. The minimum Gasteiger partial charge on any atom is -0.381 e. The number of ether oxygens (including phenoxy) is 1. The molecule has 1 atom stereocenters. The molecular formula is C22H34N4O2S. The van der Waals surface area contributed by atoms with Crippen LogP contribution >= 0.6 is 11.3 Å². The third kappa shape index (κ3) is 5.47. The van der Waals surface area contributed by atoms with Gasteiger partial charge in [-0.1, -0.05) is 0 Å². The number of piperazine rings is 1. The summed E-state index contributed by atoms with van der Waals surface area (Å²) in [5, 5.41) is 16.6. The second-order valence-electron chi connectivity index (χ2n) is 8.44. The molecule has 6 nitrogen and oxygen atoms in total. The van der Waals surface area contributed by atoms with Gasteiger partial charge in [0, 0.05) is 55.6 Å². The van der Waals surface area contributed by atoms with Crippen molar-refractivity contribution in [1.29, 1.82) is 0 Å². The van der Waals surface area contributed by atoms with E-state index >= 15 is 0 Å². The van der Waals surface area contributed by atoms with Crippen molar-refractivity contribution >= 4 is 27.2 Å². The predicted molar refractivity (Wildman–Crippen MR) is 120 cm³/mol. The van der Waals surface area contributed by atoms with Crippen LogP contribution in [0.2, 0.25) is 0 Å². The number of methoxy groups -OCH3 is 1. The van der Waals surface area contributed by atoms with E-state index in [1.165, 1.54) is 35.9 Å². The number of thiophene rings is 1. The zero-order valence-electron chi connectivity index (χ0n) is 17.4. The van der Waals surface area contributed by atoms with Crippen molar-refractivity contribution in [1.82, 2.24) is 15.2 Å². The summed E-state index contributed by atoms with van der Waals surface area (Å²) in [6.07, 6.45) is 7.56. The maximum absolute atomic E-state index is 9.84. The number of anilines is 1. The van der Waals surface area contributed by atoms with Crippen molar-refractivity contribution in [2.45, 2.75) is 44.4 Å². The normalized spacial score (nSPS) is 24.8. The van der Waals surface area contributed by atoms with Crippen molar-refractivity contribution in [3.05, 3.63) is 23.7 Å². The highest BCUT2D eigenvalue weighted by Crippen LogP contribution is 2.30. The van der Waals surface area contributed by atoms with Gasteiger partial charge in [0.2, 0.25) is 0 Å². The van der Waals surface area contributed by atoms with Gasteiger partial charge in [0.25, 0.3) is 0 Å². The van der Waals surface area contributed by atoms with Crippen LogP contribution in [0, 0.1) is 5.92 Å². The van der Waals surface area contributed by atoms with Gasteiger partial charge in [-0.25, -0.2) is 4.98 Å². The molecule has 0 amide bonds. The third-order valence-corrected chi connectivity index (χ3v) is 7.37. The lowest BCUT2D eigenvalue weighted by atomic mass is 9.84. The Balaban J connectivity index is 1.17. The summed E-state index contributed by atoms with van der Waals surface area (Å²) in [4.78, 5) is 9.74. The Hall–Kier alpha value is -1.25. The van der Waals surface area contributed by atoms with E-state index in [-0.39, 0.29) is 0 Å². The van der Waals surface area contributed by atoms with E-state index in [0.29, 0.717) is 12.6 Å². The Bertz CT molecular complexity index is 754. The van der Waals surface area contributed by atoms with E-state index in [9.17, 15) is 5.11 Å². The molecule has 7 heteroatoms. The fourth-order valence-corrected chi connectivity index (χ4v) is 5.55. The number of rotatable bonds is 8. The fourth-order valence-electron chi connectivity index (χ4n) is 4.78. The number of hydrogen-bond donors (Lipinski definition) is 2. The van der Waals surface area contributed by atoms with Crippen molar-refractivity contribution in [3.63, 3.8) is 0 Å². The summed E-state index contributed by atoms with van der Waals surface area (Å²) in [5.74, 6) is 1.98. The topological polar surface area (TPSA) is 60.9 Å². The molecule has 3 heterocycles. The Kier molecular flexibility index (Phi) is 7.37. The number of aliphatic hydroxyl groups is 1. The molecule has 2 aliphatic rings. The average molecular weight is 419 g/mol. The van der Waals surface area contributed by atoms with Crippen molar-refractivity contribution in [2.75, 3.05) is 51.3 Å². The molecule has 0 radical (unpaired) electrons. The SMILES string of the molecule is COCC(O)NC1CCC(CCN2CCN(c3nccc4sccc34)CC2)CC1. The van der Waals surface area contributed by atoms with Gasteiger partial charge >= 0.3 is 0 Å². The number of fused-ring (bicyclic) bond motifs is 1. The smallest absolute Gasteiger partial charge is 0.137 e. The average Bonchev–Trinajstić information content (AvgIpc) is 3.23. The molecule has 2 aromatic heterocycles. The van der Waals surface area contributed by atoms with E-state index in [4.69, 9.17) is 4.74 Å². The Labute approximate surface area is 177 Å². The highest BCUT2D eigenvalue weighted by Gasteiger charge is 2.24. The van der Waals surface area contributed by atoms with Crippen LogP contribution in [0.15, 0.2) is 23.7 Å². The molecule has 1 aliphatic heterocycles. The molecule has 2 aromatic rings. The summed E-state index contributed by atoms with van der Waals surface area (Å²) in [6.45, 7) is 5.96. The Morgan fingerprint density at radius 1 is 1.21 bits per heavy atom. The third-order valence-electron chi connectivity index (χ3n) is 6.48. The lowest BCUT2D eigenvalue weighted by Crippen LogP contribution is -2.47. The molecule has 160 valence electrons. The highest BCUT2D eigenvalue weighted by molar-refractivity contribution is 7.17. The van der Waals surface area contributed by atoms with Gasteiger partial charge in [0.05, 0.1) is 6.61 Å². The van der Waals surface area contributed by atoms with Crippen LogP contribution in [0.4, 0.5) is 5.82 Å². The lowest BCUT2D eigenvalue weighted by Gasteiger charge is -2.37. The number of aliphatic hydroxyl groups excluding tert-OH is 1.